The van der Waals surface area contributed by atoms with Crippen molar-refractivity contribution in [2.75, 3.05) is 13.6 Å². The average Bonchev–Trinajstić information content (AvgIpc) is 2.29. The lowest BCUT2D eigenvalue weighted by Gasteiger charge is -2.07. The van der Waals surface area contributed by atoms with Gasteiger partial charge in [-0.05, 0) is 22.0 Å². The summed E-state index contributed by atoms with van der Waals surface area (Å²) in [5.41, 5.74) is 0.811. The van der Waals surface area contributed by atoms with E-state index in [9.17, 15) is 9.90 Å². The predicted octanol–water partition coefficient (Wildman–Crippen LogP) is 1.38. The van der Waals surface area contributed by atoms with E-state index in [4.69, 9.17) is 0 Å². The number of para-hydroxylation sites is 1. The minimum atomic E-state index is 0.00552. The lowest BCUT2D eigenvalue weighted by molar-refractivity contribution is -0.120. The maximum atomic E-state index is 10.9. The fourth-order valence-electron chi connectivity index (χ4n) is 1.25. The van der Waals surface area contributed by atoms with E-state index in [1.807, 2.05) is 12.1 Å². The summed E-state index contributed by atoms with van der Waals surface area (Å²) in [6.45, 7) is 1.13. The number of phenolic OH excluding ortho intramolecular Hbond substituents is 1. The van der Waals surface area contributed by atoms with Gasteiger partial charge in [-0.2, -0.15) is 0 Å². The molecule has 0 aliphatic rings. The van der Waals surface area contributed by atoms with Crippen molar-refractivity contribution in [3.63, 3.8) is 0 Å². The highest BCUT2D eigenvalue weighted by atomic mass is 79.9. The van der Waals surface area contributed by atoms with Crippen LogP contribution in [0.2, 0.25) is 0 Å². The SMILES string of the molecule is CNC(=O)CCNCc1cccc(Br)c1O. The van der Waals surface area contributed by atoms with Crippen LogP contribution in [0.1, 0.15) is 12.0 Å². The molecule has 0 atom stereocenters. The van der Waals surface area contributed by atoms with Crippen molar-refractivity contribution in [2.24, 2.45) is 0 Å². The van der Waals surface area contributed by atoms with Crippen LogP contribution >= 0.6 is 15.9 Å². The second-order valence-corrected chi connectivity index (χ2v) is 4.20. The van der Waals surface area contributed by atoms with Crippen molar-refractivity contribution in [2.45, 2.75) is 13.0 Å². The Morgan fingerprint density at radius 1 is 1.50 bits per heavy atom. The number of hydrogen-bond donors (Lipinski definition) is 3. The van der Waals surface area contributed by atoms with Crippen molar-refractivity contribution in [3.05, 3.63) is 28.2 Å². The maximum absolute atomic E-state index is 10.9. The molecule has 0 unspecified atom stereocenters. The first-order chi connectivity index (χ1) is 7.65. The molecule has 0 bridgehead atoms. The number of carbonyl (C=O) groups is 1. The van der Waals surface area contributed by atoms with Crippen molar-refractivity contribution in [3.8, 4) is 5.75 Å². The summed E-state index contributed by atoms with van der Waals surface area (Å²) in [4.78, 5) is 10.9. The Labute approximate surface area is 103 Å². The molecule has 1 rings (SSSR count). The van der Waals surface area contributed by atoms with Crippen LogP contribution in [-0.4, -0.2) is 24.6 Å². The Morgan fingerprint density at radius 3 is 2.94 bits per heavy atom. The normalized spacial score (nSPS) is 10.1. The van der Waals surface area contributed by atoms with E-state index >= 15 is 0 Å². The predicted molar refractivity (Wildman–Crippen MR) is 66.2 cm³/mol. The van der Waals surface area contributed by atoms with Gasteiger partial charge in [0.1, 0.15) is 5.75 Å². The number of carbonyl (C=O) groups excluding carboxylic acids is 1. The van der Waals surface area contributed by atoms with Gasteiger partial charge in [0.25, 0.3) is 0 Å². The summed E-state index contributed by atoms with van der Waals surface area (Å²) >= 11 is 3.25. The molecule has 1 aromatic carbocycles. The highest BCUT2D eigenvalue weighted by molar-refractivity contribution is 9.10. The zero-order chi connectivity index (χ0) is 12.0. The standard InChI is InChI=1S/C11H15BrN2O2/c1-13-10(15)5-6-14-7-8-3-2-4-9(12)11(8)16/h2-4,14,16H,5-7H2,1H3,(H,13,15). The van der Waals surface area contributed by atoms with E-state index in [0.717, 1.165) is 5.56 Å². The number of halogens is 1. The van der Waals surface area contributed by atoms with E-state index in [1.165, 1.54) is 0 Å². The summed E-state index contributed by atoms with van der Waals surface area (Å²) in [6, 6.07) is 5.48. The average molecular weight is 287 g/mol. The number of phenols is 1. The molecule has 0 radical (unpaired) electrons. The molecule has 1 aromatic rings. The molecule has 0 fully saturated rings. The molecule has 0 saturated carbocycles. The molecule has 5 heteroatoms. The first-order valence-corrected chi connectivity index (χ1v) is 5.82. The van der Waals surface area contributed by atoms with Crippen LogP contribution in [0.5, 0.6) is 5.75 Å². The number of nitrogens with one attached hydrogen (secondary N) is 2. The fourth-order valence-corrected chi connectivity index (χ4v) is 1.66. The lowest BCUT2D eigenvalue weighted by atomic mass is 10.2. The molecule has 3 N–H and O–H groups in total. The van der Waals surface area contributed by atoms with Gasteiger partial charge in [-0.15, -0.1) is 0 Å². The molecule has 0 aliphatic carbocycles. The maximum Gasteiger partial charge on any atom is 0.221 e. The van der Waals surface area contributed by atoms with Gasteiger partial charge in [-0.3, -0.25) is 4.79 Å². The van der Waals surface area contributed by atoms with Crippen LogP contribution in [0.4, 0.5) is 0 Å². The van der Waals surface area contributed by atoms with Crippen LogP contribution < -0.4 is 10.6 Å². The van der Waals surface area contributed by atoms with E-state index in [1.54, 1.807) is 13.1 Å². The zero-order valence-corrected chi connectivity index (χ0v) is 10.7. The third-order valence-electron chi connectivity index (χ3n) is 2.19. The first kappa shape index (κ1) is 13.0. The van der Waals surface area contributed by atoms with Crippen molar-refractivity contribution in [1.29, 1.82) is 0 Å². The topological polar surface area (TPSA) is 61.4 Å². The number of aromatic hydroxyl groups is 1. The summed E-state index contributed by atoms with van der Waals surface area (Å²) in [6.07, 6.45) is 0.436. The van der Waals surface area contributed by atoms with E-state index in [2.05, 4.69) is 26.6 Å². The number of benzene rings is 1. The van der Waals surface area contributed by atoms with Gasteiger partial charge in [0.05, 0.1) is 4.47 Å². The summed E-state index contributed by atoms with van der Waals surface area (Å²) in [7, 11) is 1.61. The first-order valence-electron chi connectivity index (χ1n) is 5.02. The highest BCUT2D eigenvalue weighted by Crippen LogP contribution is 2.26. The molecule has 4 nitrogen and oxygen atoms in total. The van der Waals surface area contributed by atoms with Gasteiger partial charge < -0.3 is 15.7 Å². The molecule has 0 heterocycles. The smallest absolute Gasteiger partial charge is 0.221 e. The van der Waals surface area contributed by atoms with Crippen LogP contribution in [0, 0.1) is 0 Å². The number of hydrogen-bond acceptors (Lipinski definition) is 3. The molecular weight excluding hydrogens is 272 g/mol. The Bertz CT molecular complexity index is 369. The number of rotatable bonds is 5. The molecule has 0 aromatic heterocycles. The third kappa shape index (κ3) is 3.83. The van der Waals surface area contributed by atoms with Crippen LogP contribution in [0.3, 0.4) is 0 Å². The zero-order valence-electron chi connectivity index (χ0n) is 9.09. The van der Waals surface area contributed by atoms with Crippen molar-refractivity contribution in [1.82, 2.24) is 10.6 Å². The second kappa shape index (κ2) is 6.50. The second-order valence-electron chi connectivity index (χ2n) is 3.35. The van der Waals surface area contributed by atoms with Gasteiger partial charge in [-0.1, -0.05) is 12.1 Å². The third-order valence-corrected chi connectivity index (χ3v) is 2.83. The van der Waals surface area contributed by atoms with Gasteiger partial charge in [0.2, 0.25) is 5.91 Å². The lowest BCUT2D eigenvalue weighted by Crippen LogP contribution is -2.24. The Morgan fingerprint density at radius 2 is 2.25 bits per heavy atom. The van der Waals surface area contributed by atoms with Gasteiger partial charge in [-0.25, -0.2) is 0 Å². The molecule has 88 valence electrons. The Kier molecular flexibility index (Phi) is 5.28. The summed E-state index contributed by atoms with van der Waals surface area (Å²) in [5.74, 6) is 0.251. The largest absolute Gasteiger partial charge is 0.506 e. The molecule has 0 saturated heterocycles. The van der Waals surface area contributed by atoms with Gasteiger partial charge in [0, 0.05) is 32.1 Å². The molecule has 1 amide bonds. The minimum absolute atomic E-state index is 0.00552. The van der Waals surface area contributed by atoms with E-state index in [-0.39, 0.29) is 11.7 Å². The minimum Gasteiger partial charge on any atom is -0.506 e. The van der Waals surface area contributed by atoms with E-state index in [0.29, 0.717) is 24.0 Å². The van der Waals surface area contributed by atoms with Crippen LogP contribution in [-0.2, 0) is 11.3 Å². The number of amides is 1. The fraction of sp³-hybridized carbons (Fsp3) is 0.364. The molecular formula is C11H15BrN2O2. The quantitative estimate of drug-likeness (QED) is 0.717. The van der Waals surface area contributed by atoms with Crippen LogP contribution in [0.25, 0.3) is 0 Å². The van der Waals surface area contributed by atoms with Crippen molar-refractivity contribution >= 4 is 21.8 Å². The molecule has 16 heavy (non-hydrogen) atoms. The van der Waals surface area contributed by atoms with E-state index < -0.39 is 0 Å². The van der Waals surface area contributed by atoms with Crippen LogP contribution in [0.15, 0.2) is 22.7 Å². The molecule has 0 spiro atoms. The molecule has 0 aliphatic heterocycles. The van der Waals surface area contributed by atoms with Gasteiger partial charge in [0.15, 0.2) is 0 Å². The highest BCUT2D eigenvalue weighted by Gasteiger charge is 2.04. The monoisotopic (exact) mass is 286 g/mol. The Hall–Kier alpha value is -1.07. The van der Waals surface area contributed by atoms with Crippen molar-refractivity contribution < 1.29 is 9.90 Å². The van der Waals surface area contributed by atoms with Gasteiger partial charge >= 0.3 is 0 Å². The Balaban J connectivity index is 2.38. The summed E-state index contributed by atoms with van der Waals surface area (Å²) in [5, 5.41) is 15.3. The summed E-state index contributed by atoms with van der Waals surface area (Å²) < 4.78 is 0.679.